The van der Waals surface area contributed by atoms with Crippen LogP contribution in [0, 0.1) is 12.3 Å². The maximum atomic E-state index is 5.39. The smallest absolute Gasteiger partial charge is 0.157 e. The van der Waals surface area contributed by atoms with Crippen LogP contribution in [0.5, 0.6) is 0 Å². The van der Waals surface area contributed by atoms with Crippen LogP contribution in [0.1, 0.15) is 39.5 Å². The largest absolute Gasteiger partial charge is 0.353 e. The van der Waals surface area contributed by atoms with Crippen molar-refractivity contribution in [2.45, 2.75) is 45.8 Å². The van der Waals surface area contributed by atoms with E-state index in [0.717, 1.165) is 25.7 Å². The molecule has 0 bridgehead atoms. The zero-order chi connectivity index (χ0) is 9.94. The zero-order valence-corrected chi connectivity index (χ0v) is 8.71. The lowest BCUT2D eigenvalue weighted by atomic mass is 10.2. The van der Waals surface area contributed by atoms with Gasteiger partial charge in [0.25, 0.3) is 0 Å². The lowest BCUT2D eigenvalue weighted by Crippen LogP contribution is -2.17. The molecule has 2 nitrogen and oxygen atoms in total. The molecule has 76 valence electrons. The van der Waals surface area contributed by atoms with Gasteiger partial charge < -0.3 is 9.47 Å². The first-order valence-corrected chi connectivity index (χ1v) is 5.01. The number of hydrogen-bond donors (Lipinski definition) is 0. The van der Waals surface area contributed by atoms with Crippen molar-refractivity contribution in [1.82, 2.24) is 0 Å². The Hall–Kier alpha value is -0.520. The second-order valence-electron chi connectivity index (χ2n) is 2.79. The van der Waals surface area contributed by atoms with E-state index in [2.05, 4.69) is 5.92 Å². The monoisotopic (exact) mass is 184 g/mol. The Morgan fingerprint density at radius 2 is 1.77 bits per heavy atom. The van der Waals surface area contributed by atoms with E-state index in [4.69, 9.17) is 15.9 Å². The van der Waals surface area contributed by atoms with Gasteiger partial charge in [0.05, 0.1) is 0 Å². The Bertz CT molecular complexity index is 132. The van der Waals surface area contributed by atoms with Gasteiger partial charge in [-0.1, -0.05) is 0 Å². The minimum absolute atomic E-state index is 0.0345. The zero-order valence-electron chi connectivity index (χ0n) is 8.71. The third kappa shape index (κ3) is 7.83. The summed E-state index contributed by atoms with van der Waals surface area (Å²) in [5.74, 6) is 2.62. The van der Waals surface area contributed by atoms with Crippen molar-refractivity contribution in [2.75, 3.05) is 13.2 Å². The van der Waals surface area contributed by atoms with Crippen molar-refractivity contribution >= 4 is 0 Å². The summed E-state index contributed by atoms with van der Waals surface area (Å²) >= 11 is 0. The van der Waals surface area contributed by atoms with Crippen LogP contribution in [0.2, 0.25) is 0 Å². The summed E-state index contributed by atoms with van der Waals surface area (Å²) in [5, 5.41) is 0. The first-order chi connectivity index (χ1) is 6.35. The van der Waals surface area contributed by atoms with Crippen molar-refractivity contribution in [3.05, 3.63) is 0 Å². The highest BCUT2D eigenvalue weighted by atomic mass is 16.7. The summed E-state index contributed by atoms with van der Waals surface area (Å²) in [5.41, 5.74) is 0. The predicted octanol–water partition coefficient (Wildman–Crippen LogP) is 2.58. The van der Waals surface area contributed by atoms with Gasteiger partial charge >= 0.3 is 0 Å². The fraction of sp³-hybridized carbons (Fsp3) is 0.818. The van der Waals surface area contributed by atoms with Gasteiger partial charge in [-0.05, 0) is 33.1 Å². The molecule has 0 saturated carbocycles. The van der Waals surface area contributed by atoms with E-state index in [0.29, 0.717) is 13.2 Å². The Kier molecular flexibility index (Phi) is 9.18. The predicted molar refractivity (Wildman–Crippen MR) is 54.3 cm³/mol. The fourth-order valence-corrected chi connectivity index (χ4v) is 1.12. The molecular formula is C11H20O2. The molecule has 0 unspecified atom stereocenters. The third-order valence-electron chi connectivity index (χ3n) is 1.72. The number of terminal acetylenes is 1. The van der Waals surface area contributed by atoms with Gasteiger partial charge in [-0.3, -0.25) is 0 Å². The molecule has 0 heterocycles. The molecule has 0 rings (SSSR count). The Morgan fingerprint density at radius 3 is 2.23 bits per heavy atom. The van der Waals surface area contributed by atoms with Crippen LogP contribution in [0.25, 0.3) is 0 Å². The van der Waals surface area contributed by atoms with Crippen LogP contribution in [-0.2, 0) is 9.47 Å². The highest BCUT2D eigenvalue weighted by Crippen LogP contribution is 2.07. The summed E-state index contributed by atoms with van der Waals surface area (Å²) in [6.07, 6.45) is 9.06. The number of unbranched alkanes of at least 4 members (excludes halogenated alkanes) is 2. The standard InChI is InChI=1S/C11H20O2/c1-4-7-8-9-10-11(12-5-2)13-6-3/h1,11H,5-10H2,2-3H3. The topological polar surface area (TPSA) is 18.5 Å². The average molecular weight is 184 g/mol. The van der Waals surface area contributed by atoms with Crippen LogP contribution in [-0.4, -0.2) is 19.5 Å². The van der Waals surface area contributed by atoms with Gasteiger partial charge in [0.1, 0.15) is 0 Å². The molecule has 0 aromatic rings. The van der Waals surface area contributed by atoms with E-state index in [1.54, 1.807) is 0 Å². The van der Waals surface area contributed by atoms with Gasteiger partial charge in [0, 0.05) is 19.6 Å². The van der Waals surface area contributed by atoms with Crippen molar-refractivity contribution < 1.29 is 9.47 Å². The Labute approximate surface area is 81.6 Å². The van der Waals surface area contributed by atoms with Crippen molar-refractivity contribution in [3.8, 4) is 12.3 Å². The molecule has 0 aliphatic rings. The molecule has 0 amide bonds. The highest BCUT2D eigenvalue weighted by Gasteiger charge is 2.06. The normalized spacial score (nSPS) is 10.3. The van der Waals surface area contributed by atoms with E-state index < -0.39 is 0 Å². The first-order valence-electron chi connectivity index (χ1n) is 5.01. The van der Waals surface area contributed by atoms with Gasteiger partial charge in [-0.2, -0.15) is 0 Å². The lowest BCUT2D eigenvalue weighted by Gasteiger charge is -2.16. The van der Waals surface area contributed by atoms with E-state index in [9.17, 15) is 0 Å². The molecule has 2 heteroatoms. The van der Waals surface area contributed by atoms with Gasteiger partial charge in [0.2, 0.25) is 0 Å². The number of ether oxygens (including phenoxy) is 2. The summed E-state index contributed by atoms with van der Waals surface area (Å²) in [6, 6.07) is 0. The Morgan fingerprint density at radius 1 is 1.15 bits per heavy atom. The third-order valence-corrected chi connectivity index (χ3v) is 1.72. The van der Waals surface area contributed by atoms with Crippen LogP contribution in [0.3, 0.4) is 0 Å². The molecule has 0 fully saturated rings. The molecular weight excluding hydrogens is 164 g/mol. The number of hydrogen-bond acceptors (Lipinski definition) is 2. The summed E-state index contributed by atoms with van der Waals surface area (Å²) in [7, 11) is 0. The molecule has 0 atom stereocenters. The van der Waals surface area contributed by atoms with Crippen molar-refractivity contribution in [3.63, 3.8) is 0 Å². The second kappa shape index (κ2) is 9.57. The van der Waals surface area contributed by atoms with Crippen LogP contribution < -0.4 is 0 Å². The average Bonchev–Trinajstić information content (AvgIpc) is 2.13. The first kappa shape index (κ1) is 12.5. The number of rotatable bonds is 8. The molecule has 0 aliphatic carbocycles. The van der Waals surface area contributed by atoms with E-state index in [-0.39, 0.29) is 6.29 Å². The van der Waals surface area contributed by atoms with Crippen molar-refractivity contribution in [1.29, 1.82) is 0 Å². The van der Waals surface area contributed by atoms with E-state index in [1.165, 1.54) is 0 Å². The van der Waals surface area contributed by atoms with Crippen molar-refractivity contribution in [2.24, 2.45) is 0 Å². The molecule has 0 radical (unpaired) electrons. The van der Waals surface area contributed by atoms with Gasteiger partial charge in [0.15, 0.2) is 6.29 Å². The molecule has 0 aromatic heterocycles. The summed E-state index contributed by atoms with van der Waals surface area (Å²) < 4.78 is 10.8. The summed E-state index contributed by atoms with van der Waals surface area (Å²) in [4.78, 5) is 0. The van der Waals surface area contributed by atoms with Crippen LogP contribution in [0.4, 0.5) is 0 Å². The second-order valence-corrected chi connectivity index (χ2v) is 2.79. The highest BCUT2D eigenvalue weighted by molar-refractivity contribution is 4.82. The molecule has 0 aliphatic heterocycles. The maximum absolute atomic E-state index is 5.39. The van der Waals surface area contributed by atoms with Gasteiger partial charge in [-0.15, -0.1) is 12.3 Å². The maximum Gasteiger partial charge on any atom is 0.157 e. The summed E-state index contributed by atoms with van der Waals surface area (Å²) in [6.45, 7) is 5.38. The minimum atomic E-state index is -0.0345. The molecule has 0 saturated heterocycles. The Balaban J connectivity index is 3.39. The molecule has 0 spiro atoms. The molecule has 13 heavy (non-hydrogen) atoms. The van der Waals surface area contributed by atoms with Gasteiger partial charge in [-0.25, -0.2) is 0 Å². The SMILES string of the molecule is C#CCCCCC(OCC)OCC. The van der Waals surface area contributed by atoms with Crippen LogP contribution >= 0.6 is 0 Å². The van der Waals surface area contributed by atoms with E-state index >= 15 is 0 Å². The lowest BCUT2D eigenvalue weighted by molar-refractivity contribution is -0.140. The van der Waals surface area contributed by atoms with Crippen LogP contribution in [0.15, 0.2) is 0 Å². The molecule has 0 N–H and O–H groups in total. The molecule has 0 aromatic carbocycles. The van der Waals surface area contributed by atoms with E-state index in [1.807, 2.05) is 13.8 Å². The fourth-order valence-electron chi connectivity index (χ4n) is 1.12. The minimum Gasteiger partial charge on any atom is -0.353 e. The quantitative estimate of drug-likeness (QED) is 0.328.